The molecular weight excluding hydrogens is 378 g/mol. The summed E-state index contributed by atoms with van der Waals surface area (Å²) in [5.74, 6) is -0.934. The second kappa shape index (κ2) is 7.04. The lowest BCUT2D eigenvalue weighted by molar-refractivity contribution is -0.119. The first-order valence-electron chi connectivity index (χ1n) is 9.50. The SMILES string of the molecule is Cc1ccn2cc(C(=O)Nc3ccc(C4=C5C=CC=CC5C(=O)N=N4)cc3)nc2c1. The van der Waals surface area contributed by atoms with E-state index in [1.165, 1.54) is 0 Å². The normalized spacial score (nSPS) is 17.5. The van der Waals surface area contributed by atoms with Gasteiger partial charge in [0, 0.05) is 23.6 Å². The zero-order valence-corrected chi connectivity index (χ0v) is 16.1. The van der Waals surface area contributed by atoms with Gasteiger partial charge in [0.2, 0.25) is 0 Å². The summed E-state index contributed by atoms with van der Waals surface area (Å²) in [5, 5.41) is 10.7. The van der Waals surface area contributed by atoms with E-state index in [4.69, 9.17) is 0 Å². The van der Waals surface area contributed by atoms with Crippen molar-refractivity contribution in [2.45, 2.75) is 6.92 Å². The highest BCUT2D eigenvalue weighted by Gasteiger charge is 2.27. The smallest absolute Gasteiger partial charge is 0.276 e. The fourth-order valence-corrected chi connectivity index (χ4v) is 3.53. The van der Waals surface area contributed by atoms with Crippen molar-refractivity contribution in [3.8, 4) is 0 Å². The predicted octanol–water partition coefficient (Wildman–Crippen LogP) is 4.34. The number of rotatable bonds is 3. The average molecular weight is 395 g/mol. The molecule has 2 aromatic heterocycles. The monoisotopic (exact) mass is 395 g/mol. The number of hydrogen-bond donors (Lipinski definition) is 1. The molecule has 3 aromatic rings. The lowest BCUT2D eigenvalue weighted by Gasteiger charge is -2.19. The third-order valence-corrected chi connectivity index (χ3v) is 5.08. The molecule has 1 aliphatic heterocycles. The highest BCUT2D eigenvalue weighted by Crippen LogP contribution is 2.34. The van der Waals surface area contributed by atoms with E-state index in [2.05, 4.69) is 20.5 Å². The number of carbonyl (C=O) groups excluding carboxylic acids is 2. The third kappa shape index (κ3) is 3.16. The quantitative estimate of drug-likeness (QED) is 0.715. The summed E-state index contributed by atoms with van der Waals surface area (Å²) in [6, 6.07) is 11.2. The van der Waals surface area contributed by atoms with Gasteiger partial charge in [-0.3, -0.25) is 9.59 Å². The fourth-order valence-electron chi connectivity index (χ4n) is 3.53. The van der Waals surface area contributed by atoms with Crippen LogP contribution in [0.3, 0.4) is 0 Å². The number of fused-ring (bicyclic) bond motifs is 2. The van der Waals surface area contributed by atoms with Crippen LogP contribution in [0.5, 0.6) is 0 Å². The van der Waals surface area contributed by atoms with Gasteiger partial charge in [-0.2, -0.15) is 0 Å². The maximum absolute atomic E-state index is 12.6. The Kier molecular flexibility index (Phi) is 4.21. The number of imidazole rings is 1. The Hall–Kier alpha value is -4.13. The second-order valence-corrected chi connectivity index (χ2v) is 7.19. The maximum atomic E-state index is 12.6. The first-order chi connectivity index (χ1) is 14.6. The number of pyridine rings is 1. The maximum Gasteiger partial charge on any atom is 0.276 e. The van der Waals surface area contributed by atoms with Crippen molar-refractivity contribution < 1.29 is 9.59 Å². The Morgan fingerprint density at radius 2 is 1.93 bits per heavy atom. The summed E-state index contributed by atoms with van der Waals surface area (Å²) in [5.41, 5.74) is 5.11. The number of carbonyl (C=O) groups is 2. The molecule has 1 unspecified atom stereocenters. The van der Waals surface area contributed by atoms with Crippen molar-refractivity contribution in [2.75, 3.05) is 5.32 Å². The molecule has 0 fully saturated rings. The van der Waals surface area contributed by atoms with Crippen LogP contribution >= 0.6 is 0 Å². The number of hydrogen-bond acceptors (Lipinski definition) is 4. The van der Waals surface area contributed by atoms with Crippen LogP contribution in [-0.2, 0) is 4.79 Å². The van der Waals surface area contributed by atoms with E-state index < -0.39 is 0 Å². The van der Waals surface area contributed by atoms with E-state index >= 15 is 0 Å². The first-order valence-corrected chi connectivity index (χ1v) is 9.50. The van der Waals surface area contributed by atoms with Crippen LogP contribution in [0, 0.1) is 12.8 Å². The molecule has 0 saturated heterocycles. The number of amides is 2. The molecular formula is C23H17N5O2. The molecule has 1 aromatic carbocycles. The molecule has 1 atom stereocenters. The zero-order chi connectivity index (χ0) is 20.7. The van der Waals surface area contributed by atoms with Crippen molar-refractivity contribution in [3.05, 3.63) is 95.5 Å². The topological polar surface area (TPSA) is 88.2 Å². The van der Waals surface area contributed by atoms with E-state index in [0.29, 0.717) is 17.1 Å². The minimum atomic E-state index is -0.388. The summed E-state index contributed by atoms with van der Waals surface area (Å²) in [6.07, 6.45) is 11.0. The van der Waals surface area contributed by atoms with Crippen LogP contribution in [0.4, 0.5) is 5.69 Å². The summed E-state index contributed by atoms with van der Waals surface area (Å²) in [7, 11) is 0. The molecule has 2 amide bonds. The van der Waals surface area contributed by atoms with Crippen LogP contribution < -0.4 is 5.32 Å². The number of nitrogens with one attached hydrogen (secondary N) is 1. The van der Waals surface area contributed by atoms with Crippen LogP contribution in [0.2, 0.25) is 0 Å². The predicted molar refractivity (Wildman–Crippen MR) is 113 cm³/mol. The van der Waals surface area contributed by atoms with Crippen molar-refractivity contribution in [2.24, 2.45) is 16.1 Å². The van der Waals surface area contributed by atoms with Gasteiger partial charge >= 0.3 is 0 Å². The van der Waals surface area contributed by atoms with Crippen molar-refractivity contribution in [1.82, 2.24) is 9.38 Å². The minimum Gasteiger partial charge on any atom is -0.321 e. The third-order valence-electron chi connectivity index (χ3n) is 5.08. The molecule has 30 heavy (non-hydrogen) atoms. The van der Waals surface area contributed by atoms with Crippen LogP contribution in [0.25, 0.3) is 11.3 Å². The van der Waals surface area contributed by atoms with Crippen LogP contribution in [0.1, 0.15) is 21.6 Å². The number of aromatic nitrogens is 2. The largest absolute Gasteiger partial charge is 0.321 e. The molecule has 0 spiro atoms. The molecule has 7 nitrogen and oxygen atoms in total. The molecule has 0 radical (unpaired) electrons. The van der Waals surface area contributed by atoms with Gasteiger partial charge in [-0.1, -0.05) is 36.4 Å². The lowest BCUT2D eigenvalue weighted by atomic mass is 9.89. The van der Waals surface area contributed by atoms with E-state index in [9.17, 15) is 9.59 Å². The molecule has 1 N–H and O–H groups in total. The Morgan fingerprint density at radius 3 is 2.77 bits per heavy atom. The zero-order valence-electron chi connectivity index (χ0n) is 16.1. The van der Waals surface area contributed by atoms with E-state index in [1.54, 1.807) is 18.3 Å². The van der Waals surface area contributed by atoms with Gasteiger partial charge in [-0.05, 0) is 42.3 Å². The van der Waals surface area contributed by atoms with Crippen LogP contribution in [0.15, 0.2) is 88.9 Å². The Labute approximate surface area is 172 Å². The van der Waals surface area contributed by atoms with Crippen molar-refractivity contribution >= 4 is 28.8 Å². The first kappa shape index (κ1) is 17.9. The number of azo groups is 1. The number of anilines is 1. The highest BCUT2D eigenvalue weighted by atomic mass is 16.2. The van der Waals surface area contributed by atoms with Gasteiger partial charge in [0.25, 0.3) is 11.8 Å². The van der Waals surface area contributed by atoms with Gasteiger partial charge in [0.15, 0.2) is 0 Å². The standard InChI is InChI=1S/C23H17N5O2/c1-14-10-11-28-13-19(25-20(28)12-14)23(30)24-16-8-6-15(7-9-16)21-17-4-2-3-5-18(17)22(29)27-26-21/h2-13,18H,1H3,(H,24,30). The minimum absolute atomic E-state index is 0.263. The van der Waals surface area contributed by atoms with Gasteiger partial charge in [-0.15, -0.1) is 10.2 Å². The molecule has 146 valence electrons. The number of benzene rings is 1. The molecule has 0 saturated carbocycles. The van der Waals surface area contributed by atoms with Gasteiger partial charge in [0.05, 0.1) is 11.6 Å². The molecule has 7 heteroatoms. The molecule has 1 aliphatic carbocycles. The van der Waals surface area contributed by atoms with E-state index in [-0.39, 0.29) is 17.7 Å². The summed E-state index contributed by atoms with van der Waals surface area (Å²) >= 11 is 0. The molecule has 3 heterocycles. The second-order valence-electron chi connectivity index (χ2n) is 7.19. The molecule has 5 rings (SSSR count). The summed E-state index contributed by atoms with van der Waals surface area (Å²) in [6.45, 7) is 1.98. The van der Waals surface area contributed by atoms with Gasteiger partial charge in [0.1, 0.15) is 11.3 Å². The Balaban J connectivity index is 1.38. The molecule has 2 aliphatic rings. The summed E-state index contributed by atoms with van der Waals surface area (Å²) in [4.78, 5) is 28.9. The lowest BCUT2D eigenvalue weighted by Crippen LogP contribution is -2.17. The summed E-state index contributed by atoms with van der Waals surface area (Å²) < 4.78 is 1.82. The highest BCUT2D eigenvalue weighted by molar-refractivity contribution is 6.03. The van der Waals surface area contributed by atoms with Gasteiger partial charge < -0.3 is 9.72 Å². The van der Waals surface area contributed by atoms with Crippen molar-refractivity contribution in [1.29, 1.82) is 0 Å². The van der Waals surface area contributed by atoms with Gasteiger partial charge in [-0.25, -0.2) is 4.98 Å². The molecule has 0 bridgehead atoms. The van der Waals surface area contributed by atoms with E-state index in [1.807, 2.05) is 66.1 Å². The number of nitrogens with zero attached hydrogens (tertiary/aromatic N) is 4. The fraction of sp³-hybridized carbons (Fsp3) is 0.0870. The average Bonchev–Trinajstić information content (AvgIpc) is 3.18. The van der Waals surface area contributed by atoms with Crippen LogP contribution in [-0.4, -0.2) is 21.2 Å². The van der Waals surface area contributed by atoms with E-state index in [0.717, 1.165) is 22.3 Å². The Morgan fingerprint density at radius 1 is 1.10 bits per heavy atom. The van der Waals surface area contributed by atoms with Crippen molar-refractivity contribution in [3.63, 3.8) is 0 Å². The number of aryl methyl sites for hydroxylation is 1. The number of allylic oxidation sites excluding steroid dienone is 3. The Bertz CT molecular complexity index is 1310.